The smallest absolute Gasteiger partial charge is 0.306 e. The second-order valence-electron chi connectivity index (χ2n) is 8.04. The summed E-state index contributed by atoms with van der Waals surface area (Å²) in [5.74, 6) is 0.613. The van der Waals surface area contributed by atoms with Crippen LogP contribution in [-0.4, -0.2) is 35.4 Å². The standard InChI is InChI=1S/C27H31N3O4S/c1-3-32-25(31)15-12-22-17-30(29-26(22)33-4-2)16-20-10-13-24(14-11-20)34-18-23-19-35-27(28-23)21-8-6-5-7-9-21/h5-11,13-14,17,19,26,29H,3-4,12,15-16,18H2,1-2H3. The summed E-state index contributed by atoms with van der Waals surface area (Å²) >= 11 is 1.62. The Balaban J connectivity index is 1.29. The SMILES string of the molecule is CCOC(=O)CCC1=CN(Cc2ccc(OCc3csc(-c4ccccc4)n3)cc2)NC1OCC. The molecule has 184 valence electrons. The highest BCUT2D eigenvalue weighted by molar-refractivity contribution is 7.13. The first kappa shape index (κ1) is 24.9. The maximum absolute atomic E-state index is 11.7. The predicted molar refractivity (Wildman–Crippen MR) is 136 cm³/mol. The van der Waals surface area contributed by atoms with Crippen LogP contribution in [0.1, 0.15) is 37.9 Å². The summed E-state index contributed by atoms with van der Waals surface area (Å²) in [6.45, 7) is 5.85. The number of hydrazine groups is 1. The average molecular weight is 494 g/mol. The van der Waals surface area contributed by atoms with E-state index < -0.39 is 0 Å². The first-order valence-electron chi connectivity index (χ1n) is 11.9. The molecule has 2 heterocycles. The van der Waals surface area contributed by atoms with E-state index >= 15 is 0 Å². The lowest BCUT2D eigenvalue weighted by atomic mass is 10.1. The second-order valence-corrected chi connectivity index (χ2v) is 8.90. The van der Waals surface area contributed by atoms with Crippen LogP contribution in [0.3, 0.4) is 0 Å². The molecule has 0 radical (unpaired) electrons. The Labute approximate surface area is 210 Å². The van der Waals surface area contributed by atoms with Crippen molar-refractivity contribution in [1.82, 2.24) is 15.4 Å². The van der Waals surface area contributed by atoms with Crippen molar-refractivity contribution in [3.05, 3.63) is 83.0 Å². The van der Waals surface area contributed by atoms with Crippen LogP contribution in [0.4, 0.5) is 0 Å². The van der Waals surface area contributed by atoms with Crippen molar-refractivity contribution in [1.29, 1.82) is 0 Å². The molecule has 0 amide bonds. The quantitative estimate of drug-likeness (QED) is 0.343. The van der Waals surface area contributed by atoms with Gasteiger partial charge in [0.2, 0.25) is 0 Å². The number of benzene rings is 2. The Bertz CT molecular complexity index is 1110. The number of aromatic nitrogens is 1. The maximum Gasteiger partial charge on any atom is 0.306 e. The Morgan fingerprint density at radius 2 is 1.89 bits per heavy atom. The van der Waals surface area contributed by atoms with Gasteiger partial charge < -0.3 is 19.2 Å². The maximum atomic E-state index is 11.7. The lowest BCUT2D eigenvalue weighted by Crippen LogP contribution is -2.37. The summed E-state index contributed by atoms with van der Waals surface area (Å²) < 4.78 is 16.8. The number of carbonyl (C=O) groups is 1. The third-order valence-corrected chi connectivity index (χ3v) is 6.37. The minimum Gasteiger partial charge on any atom is -0.487 e. The fourth-order valence-corrected chi connectivity index (χ4v) is 4.56. The molecule has 0 aliphatic carbocycles. The van der Waals surface area contributed by atoms with Crippen LogP contribution in [0.25, 0.3) is 10.6 Å². The van der Waals surface area contributed by atoms with Gasteiger partial charge in [0.25, 0.3) is 0 Å². The first-order valence-corrected chi connectivity index (χ1v) is 12.7. The second kappa shape index (κ2) is 12.5. The zero-order valence-electron chi connectivity index (χ0n) is 20.1. The van der Waals surface area contributed by atoms with Crippen LogP contribution < -0.4 is 10.2 Å². The molecule has 0 fully saturated rings. The summed E-state index contributed by atoms with van der Waals surface area (Å²) in [7, 11) is 0. The van der Waals surface area contributed by atoms with Crippen molar-refractivity contribution in [2.45, 2.75) is 46.1 Å². The summed E-state index contributed by atoms with van der Waals surface area (Å²) in [4.78, 5) is 16.4. The van der Waals surface area contributed by atoms with Crippen LogP contribution in [0, 0.1) is 0 Å². The molecule has 1 aliphatic heterocycles. The van der Waals surface area contributed by atoms with Crippen LogP contribution in [0.5, 0.6) is 5.75 Å². The largest absolute Gasteiger partial charge is 0.487 e. The van der Waals surface area contributed by atoms with Gasteiger partial charge in [-0.25, -0.2) is 10.4 Å². The van der Waals surface area contributed by atoms with Gasteiger partial charge in [0.1, 0.15) is 23.6 Å². The molecule has 2 aromatic carbocycles. The molecule has 7 nitrogen and oxygen atoms in total. The van der Waals surface area contributed by atoms with E-state index in [2.05, 4.69) is 22.5 Å². The Morgan fingerprint density at radius 1 is 1.09 bits per heavy atom. The summed E-state index contributed by atoms with van der Waals surface area (Å²) in [5.41, 5.74) is 7.56. The molecule has 0 bridgehead atoms. The third kappa shape index (κ3) is 7.14. The fraction of sp³-hybridized carbons (Fsp3) is 0.333. The molecule has 0 saturated heterocycles. The van der Waals surface area contributed by atoms with Crippen LogP contribution in [0.15, 0.2) is 71.8 Å². The van der Waals surface area contributed by atoms with Gasteiger partial charge in [0.05, 0.1) is 18.8 Å². The number of carbonyl (C=O) groups excluding carboxylic acids is 1. The number of rotatable bonds is 12. The molecule has 4 rings (SSSR count). The topological polar surface area (TPSA) is 72.9 Å². The number of hydrogen-bond donors (Lipinski definition) is 1. The zero-order chi connectivity index (χ0) is 24.5. The molecule has 8 heteroatoms. The number of thiazole rings is 1. The molecular weight excluding hydrogens is 462 g/mol. The number of nitrogens with zero attached hydrogens (tertiary/aromatic N) is 2. The van der Waals surface area contributed by atoms with Crippen molar-refractivity contribution in [3.8, 4) is 16.3 Å². The van der Waals surface area contributed by atoms with Crippen molar-refractivity contribution < 1.29 is 19.0 Å². The van der Waals surface area contributed by atoms with E-state index in [-0.39, 0.29) is 12.2 Å². The summed E-state index contributed by atoms with van der Waals surface area (Å²) in [6, 6.07) is 18.2. The van der Waals surface area contributed by atoms with E-state index in [1.54, 1.807) is 11.3 Å². The number of ether oxygens (including phenoxy) is 3. The molecule has 1 aliphatic rings. The van der Waals surface area contributed by atoms with E-state index in [0.717, 1.165) is 33.2 Å². The Morgan fingerprint density at radius 3 is 2.63 bits per heavy atom. The van der Waals surface area contributed by atoms with Gasteiger partial charge in [-0.3, -0.25) is 4.79 Å². The normalized spacial score (nSPS) is 15.2. The minimum absolute atomic E-state index is 0.188. The molecule has 0 saturated carbocycles. The van der Waals surface area contributed by atoms with Crippen LogP contribution in [0.2, 0.25) is 0 Å². The summed E-state index contributed by atoms with van der Waals surface area (Å²) in [6.07, 6.45) is 2.74. The Kier molecular flexibility index (Phi) is 8.89. The number of nitrogens with one attached hydrogen (secondary N) is 1. The molecule has 0 spiro atoms. The van der Waals surface area contributed by atoms with Gasteiger partial charge in [-0.2, -0.15) is 0 Å². The van der Waals surface area contributed by atoms with Gasteiger partial charge in [0, 0.05) is 30.2 Å². The highest BCUT2D eigenvalue weighted by atomic mass is 32.1. The number of esters is 1. The van der Waals surface area contributed by atoms with Crippen LogP contribution in [-0.2, 0) is 27.4 Å². The molecule has 1 aromatic heterocycles. The van der Waals surface area contributed by atoms with E-state index in [1.807, 2.05) is 72.9 Å². The molecular formula is C27H31N3O4S. The monoisotopic (exact) mass is 493 g/mol. The average Bonchev–Trinajstić information content (AvgIpc) is 3.50. The zero-order valence-corrected chi connectivity index (χ0v) is 20.9. The van der Waals surface area contributed by atoms with Gasteiger partial charge in [0.15, 0.2) is 0 Å². The van der Waals surface area contributed by atoms with Crippen molar-refractivity contribution in [2.75, 3.05) is 13.2 Å². The molecule has 1 unspecified atom stereocenters. The van der Waals surface area contributed by atoms with Crippen molar-refractivity contribution in [3.63, 3.8) is 0 Å². The van der Waals surface area contributed by atoms with Crippen LogP contribution >= 0.6 is 11.3 Å². The van der Waals surface area contributed by atoms with Gasteiger partial charge >= 0.3 is 5.97 Å². The Hall–Kier alpha value is -3.20. The first-order chi connectivity index (χ1) is 17.1. The lowest BCUT2D eigenvalue weighted by molar-refractivity contribution is -0.143. The van der Waals surface area contributed by atoms with E-state index in [9.17, 15) is 4.79 Å². The van der Waals surface area contributed by atoms with Gasteiger partial charge in [-0.1, -0.05) is 42.5 Å². The van der Waals surface area contributed by atoms with Crippen molar-refractivity contribution >= 4 is 17.3 Å². The van der Waals surface area contributed by atoms with Crippen molar-refractivity contribution in [2.24, 2.45) is 0 Å². The molecule has 1 N–H and O–H groups in total. The van der Waals surface area contributed by atoms with E-state index in [4.69, 9.17) is 14.2 Å². The van der Waals surface area contributed by atoms with Gasteiger partial charge in [-0.15, -0.1) is 11.3 Å². The fourth-order valence-electron chi connectivity index (χ4n) is 3.75. The van der Waals surface area contributed by atoms with Gasteiger partial charge in [-0.05, 0) is 43.5 Å². The number of hydrogen-bond acceptors (Lipinski definition) is 8. The molecule has 1 atom stereocenters. The van der Waals surface area contributed by atoms with E-state index in [1.165, 1.54) is 0 Å². The van der Waals surface area contributed by atoms with E-state index in [0.29, 0.717) is 39.2 Å². The lowest BCUT2D eigenvalue weighted by Gasteiger charge is -2.20. The predicted octanol–water partition coefficient (Wildman–Crippen LogP) is 5.30. The summed E-state index contributed by atoms with van der Waals surface area (Å²) in [5, 5.41) is 5.03. The molecule has 3 aromatic rings. The molecule has 35 heavy (non-hydrogen) atoms. The third-order valence-electron chi connectivity index (χ3n) is 5.43. The minimum atomic E-state index is -0.226. The highest BCUT2D eigenvalue weighted by Crippen LogP contribution is 2.25. The highest BCUT2D eigenvalue weighted by Gasteiger charge is 2.24.